The van der Waals surface area contributed by atoms with Crippen LogP contribution in [-0.2, 0) is 6.16 Å². The van der Waals surface area contributed by atoms with E-state index in [1.54, 1.807) is 18.2 Å². The van der Waals surface area contributed by atoms with Crippen molar-refractivity contribution in [2.24, 2.45) is 0 Å². The summed E-state index contributed by atoms with van der Waals surface area (Å²) in [5, 5.41) is 15.1. The lowest BCUT2D eigenvalue weighted by atomic mass is 10.2. The third-order valence-electron chi connectivity index (χ3n) is 5.13. The van der Waals surface area contributed by atoms with E-state index in [0.717, 1.165) is 11.7 Å². The zero-order chi connectivity index (χ0) is 20.1. The van der Waals surface area contributed by atoms with Crippen LogP contribution in [0.1, 0.15) is 5.56 Å². The van der Waals surface area contributed by atoms with E-state index >= 15 is 0 Å². The summed E-state index contributed by atoms with van der Waals surface area (Å²) in [5.41, 5.74) is 1.11. The molecule has 0 aromatic heterocycles. The van der Waals surface area contributed by atoms with Gasteiger partial charge in [-0.3, -0.25) is 10.1 Å². The highest BCUT2D eigenvalue weighted by Crippen LogP contribution is 2.58. The van der Waals surface area contributed by atoms with Crippen molar-refractivity contribution in [1.29, 1.82) is 0 Å². The number of rotatable bonds is 6. The standard InChI is InChI=1S/C25H21NO2P.BrH/c27-26(28)22-12-10-11-21(19-22)20-29(23-13-4-1-5-14-23,24-15-6-2-7-16-24)25-17-8-3-9-18-25;/h1-19H,20H2;1H/q+1;. The molecule has 0 unspecified atom stereocenters. The average molecular weight is 479 g/mol. The Hall–Kier alpha value is -2.81. The fourth-order valence-corrected chi connectivity index (χ4v) is 8.04. The van der Waals surface area contributed by atoms with Crippen molar-refractivity contribution in [3.05, 3.63) is 131 Å². The molecule has 5 heteroatoms. The summed E-state index contributed by atoms with van der Waals surface area (Å²) in [6.45, 7) is 0. The number of halogens is 1. The maximum absolute atomic E-state index is 11.3. The van der Waals surface area contributed by atoms with Gasteiger partial charge in [0, 0.05) is 12.1 Å². The van der Waals surface area contributed by atoms with E-state index in [1.165, 1.54) is 15.9 Å². The van der Waals surface area contributed by atoms with E-state index in [-0.39, 0.29) is 27.6 Å². The topological polar surface area (TPSA) is 43.1 Å². The second kappa shape index (κ2) is 9.80. The second-order valence-corrected chi connectivity index (χ2v) is 10.4. The van der Waals surface area contributed by atoms with Gasteiger partial charge >= 0.3 is 0 Å². The number of nitro benzene ring substituents is 1. The smallest absolute Gasteiger partial charge is 0.258 e. The molecular formula is C25H22BrNO2P+. The van der Waals surface area contributed by atoms with Gasteiger partial charge in [0.05, 0.1) is 11.1 Å². The summed E-state index contributed by atoms with van der Waals surface area (Å²) >= 11 is 0. The van der Waals surface area contributed by atoms with Crippen LogP contribution in [0.25, 0.3) is 0 Å². The van der Waals surface area contributed by atoms with Gasteiger partial charge in [0.2, 0.25) is 0 Å². The highest BCUT2D eigenvalue weighted by atomic mass is 79.9. The molecule has 0 saturated heterocycles. The molecule has 0 atom stereocenters. The van der Waals surface area contributed by atoms with Crippen LogP contribution in [0.15, 0.2) is 115 Å². The molecule has 0 bridgehead atoms. The van der Waals surface area contributed by atoms with Gasteiger partial charge in [0.1, 0.15) is 23.2 Å². The molecule has 0 amide bonds. The lowest BCUT2D eigenvalue weighted by Gasteiger charge is -2.27. The van der Waals surface area contributed by atoms with E-state index in [4.69, 9.17) is 0 Å². The number of hydrogen-bond acceptors (Lipinski definition) is 2. The first-order chi connectivity index (χ1) is 14.2. The van der Waals surface area contributed by atoms with Gasteiger partial charge in [0.25, 0.3) is 5.69 Å². The molecule has 0 fully saturated rings. The number of hydrogen-bond donors (Lipinski definition) is 0. The van der Waals surface area contributed by atoms with Crippen LogP contribution >= 0.6 is 24.2 Å². The minimum atomic E-state index is -2.05. The highest BCUT2D eigenvalue weighted by Gasteiger charge is 2.45. The Labute approximate surface area is 187 Å². The van der Waals surface area contributed by atoms with Gasteiger partial charge in [-0.25, -0.2) is 0 Å². The Kier molecular flexibility index (Phi) is 7.15. The van der Waals surface area contributed by atoms with Gasteiger partial charge in [-0.05, 0) is 42.0 Å². The molecule has 0 heterocycles. The maximum Gasteiger partial charge on any atom is 0.269 e. The summed E-state index contributed by atoms with van der Waals surface area (Å²) in [5.74, 6) is 0. The van der Waals surface area contributed by atoms with Gasteiger partial charge in [-0.1, -0.05) is 66.7 Å². The molecule has 30 heavy (non-hydrogen) atoms. The van der Waals surface area contributed by atoms with Crippen LogP contribution in [0.3, 0.4) is 0 Å². The van der Waals surface area contributed by atoms with E-state index in [0.29, 0.717) is 0 Å². The molecule has 0 N–H and O–H groups in total. The van der Waals surface area contributed by atoms with Crippen molar-refractivity contribution in [3.8, 4) is 0 Å². The molecule has 4 rings (SSSR count). The van der Waals surface area contributed by atoms with Crippen LogP contribution in [-0.4, -0.2) is 4.92 Å². The Bertz CT molecular complexity index is 1010. The summed E-state index contributed by atoms with van der Waals surface area (Å²) in [7, 11) is -2.05. The molecule has 0 aliphatic heterocycles. The summed E-state index contributed by atoms with van der Waals surface area (Å²) < 4.78 is 0. The number of benzene rings is 4. The third-order valence-corrected chi connectivity index (χ3v) is 9.51. The van der Waals surface area contributed by atoms with Crippen LogP contribution < -0.4 is 15.9 Å². The van der Waals surface area contributed by atoms with E-state index in [2.05, 4.69) is 72.8 Å². The van der Waals surface area contributed by atoms with Gasteiger partial charge in [-0.2, -0.15) is 0 Å². The minimum Gasteiger partial charge on any atom is -0.258 e. The largest absolute Gasteiger partial charge is 0.269 e. The number of non-ortho nitro benzene ring substituents is 1. The fourth-order valence-electron chi connectivity index (χ4n) is 3.81. The predicted molar refractivity (Wildman–Crippen MR) is 132 cm³/mol. The van der Waals surface area contributed by atoms with Gasteiger partial charge in [-0.15, -0.1) is 17.0 Å². The van der Waals surface area contributed by atoms with Crippen molar-refractivity contribution in [1.82, 2.24) is 0 Å². The zero-order valence-corrected chi connectivity index (χ0v) is 18.9. The predicted octanol–water partition coefficient (Wildman–Crippen LogP) is 5.67. The van der Waals surface area contributed by atoms with Crippen LogP contribution in [0.5, 0.6) is 0 Å². The molecule has 4 aromatic carbocycles. The Morgan fingerprint density at radius 1 is 0.633 bits per heavy atom. The second-order valence-electron chi connectivity index (χ2n) is 6.90. The summed E-state index contributed by atoms with van der Waals surface area (Å²) in [6.07, 6.45) is 0.729. The van der Waals surface area contributed by atoms with Crippen molar-refractivity contribution in [3.63, 3.8) is 0 Å². The normalized spacial score (nSPS) is 10.8. The Morgan fingerprint density at radius 2 is 1.07 bits per heavy atom. The molecule has 150 valence electrons. The van der Waals surface area contributed by atoms with E-state index in [9.17, 15) is 10.1 Å². The highest BCUT2D eigenvalue weighted by molar-refractivity contribution is 8.93. The average Bonchev–Trinajstić information content (AvgIpc) is 2.79. The first kappa shape index (κ1) is 21.9. The fraction of sp³-hybridized carbons (Fsp3) is 0.0400. The Balaban J connectivity index is 0.00000256. The summed E-state index contributed by atoms with van der Waals surface area (Å²) in [4.78, 5) is 11.0. The molecule has 0 spiro atoms. The molecule has 0 radical (unpaired) electrons. The molecule has 0 saturated carbocycles. The van der Waals surface area contributed by atoms with Crippen molar-refractivity contribution in [2.75, 3.05) is 0 Å². The molecule has 3 nitrogen and oxygen atoms in total. The first-order valence-electron chi connectivity index (χ1n) is 9.48. The molecule has 0 aliphatic carbocycles. The van der Waals surface area contributed by atoms with Gasteiger partial charge < -0.3 is 0 Å². The van der Waals surface area contributed by atoms with Crippen LogP contribution in [0.2, 0.25) is 0 Å². The SMILES string of the molecule is Br.O=[N+]([O-])c1cccc(C[P+](c2ccccc2)(c2ccccc2)c2ccccc2)c1. The van der Waals surface area contributed by atoms with Crippen LogP contribution in [0, 0.1) is 10.1 Å². The van der Waals surface area contributed by atoms with Crippen molar-refractivity contribution >= 4 is 45.8 Å². The number of nitrogens with zero attached hydrogens (tertiary/aromatic N) is 1. The third kappa shape index (κ3) is 4.35. The van der Waals surface area contributed by atoms with E-state index < -0.39 is 7.26 Å². The number of nitro groups is 1. The van der Waals surface area contributed by atoms with Crippen molar-refractivity contribution < 1.29 is 4.92 Å². The van der Waals surface area contributed by atoms with Crippen LogP contribution in [0.4, 0.5) is 5.69 Å². The minimum absolute atomic E-state index is 0. The van der Waals surface area contributed by atoms with Gasteiger partial charge in [0.15, 0.2) is 0 Å². The monoisotopic (exact) mass is 478 g/mol. The maximum atomic E-state index is 11.3. The lowest BCUT2D eigenvalue weighted by molar-refractivity contribution is -0.384. The summed E-state index contributed by atoms with van der Waals surface area (Å²) in [6, 6.07) is 38.7. The molecule has 0 aliphatic rings. The van der Waals surface area contributed by atoms with E-state index in [1.807, 2.05) is 24.3 Å². The molecular weight excluding hydrogens is 457 g/mol. The lowest BCUT2D eigenvalue weighted by Crippen LogP contribution is -2.32. The Morgan fingerprint density at radius 3 is 1.47 bits per heavy atom. The molecule has 4 aromatic rings. The first-order valence-corrected chi connectivity index (χ1v) is 11.5. The zero-order valence-electron chi connectivity index (χ0n) is 16.3. The quantitative estimate of drug-likeness (QED) is 0.203. The van der Waals surface area contributed by atoms with Crippen molar-refractivity contribution in [2.45, 2.75) is 6.16 Å².